The maximum absolute atomic E-state index is 12.2. The predicted molar refractivity (Wildman–Crippen MR) is 54.0 cm³/mol. The van der Waals surface area contributed by atoms with Gasteiger partial charge < -0.3 is 10.2 Å². The molecule has 1 amide bonds. The zero-order valence-electron chi connectivity index (χ0n) is 9.31. The predicted octanol–water partition coefficient (Wildman–Crippen LogP) is 1.54. The van der Waals surface area contributed by atoms with Gasteiger partial charge in [-0.3, -0.25) is 4.79 Å². The summed E-state index contributed by atoms with van der Waals surface area (Å²) in [7, 11) is 0. The molecule has 1 heterocycles. The van der Waals surface area contributed by atoms with Crippen LogP contribution in [0.25, 0.3) is 0 Å². The van der Waals surface area contributed by atoms with Crippen LogP contribution < -0.4 is 5.32 Å². The molecule has 1 rings (SSSR count). The summed E-state index contributed by atoms with van der Waals surface area (Å²) in [5, 5.41) is 2.96. The summed E-state index contributed by atoms with van der Waals surface area (Å²) in [6, 6.07) is -0.434. The van der Waals surface area contributed by atoms with Crippen LogP contribution in [-0.4, -0.2) is 42.7 Å². The van der Waals surface area contributed by atoms with E-state index in [0.717, 1.165) is 17.7 Å². The highest BCUT2D eigenvalue weighted by molar-refractivity contribution is 5.82. The van der Waals surface area contributed by atoms with E-state index >= 15 is 0 Å². The van der Waals surface area contributed by atoms with Crippen LogP contribution in [-0.2, 0) is 4.79 Å². The van der Waals surface area contributed by atoms with Gasteiger partial charge in [-0.15, -0.1) is 0 Å². The third kappa shape index (κ3) is 4.00. The Morgan fingerprint density at radius 3 is 2.56 bits per heavy atom. The van der Waals surface area contributed by atoms with E-state index in [0.29, 0.717) is 13.0 Å². The standard InChI is InChI=1S/C10H17F3N2O/c1-2-15(7-10(11,12)13)9(16)8-5-3-4-6-14-8/h8,14H,2-7H2,1H3/t8-/m0/s1. The van der Waals surface area contributed by atoms with Crippen molar-refractivity contribution in [3.05, 3.63) is 0 Å². The van der Waals surface area contributed by atoms with Crippen molar-refractivity contribution in [2.75, 3.05) is 19.6 Å². The molecule has 1 atom stereocenters. The topological polar surface area (TPSA) is 32.3 Å². The molecule has 16 heavy (non-hydrogen) atoms. The first kappa shape index (κ1) is 13.3. The number of nitrogens with zero attached hydrogens (tertiary/aromatic N) is 1. The number of piperidine rings is 1. The summed E-state index contributed by atoms with van der Waals surface area (Å²) in [5.74, 6) is -0.431. The molecule has 0 radical (unpaired) electrons. The highest BCUT2D eigenvalue weighted by Crippen LogP contribution is 2.18. The number of hydrogen-bond acceptors (Lipinski definition) is 2. The van der Waals surface area contributed by atoms with Gasteiger partial charge >= 0.3 is 6.18 Å². The lowest BCUT2D eigenvalue weighted by Crippen LogP contribution is -2.50. The molecule has 0 aromatic carbocycles. The summed E-state index contributed by atoms with van der Waals surface area (Å²) >= 11 is 0. The maximum atomic E-state index is 12.2. The fourth-order valence-corrected chi connectivity index (χ4v) is 1.84. The molecule has 0 unspecified atom stereocenters. The first-order valence-electron chi connectivity index (χ1n) is 5.53. The Bertz CT molecular complexity index is 237. The van der Waals surface area contributed by atoms with Crippen LogP contribution >= 0.6 is 0 Å². The molecule has 1 saturated heterocycles. The minimum absolute atomic E-state index is 0.0938. The second kappa shape index (κ2) is 5.52. The largest absolute Gasteiger partial charge is 0.406 e. The van der Waals surface area contributed by atoms with Crippen molar-refractivity contribution in [3.63, 3.8) is 0 Å². The number of halogens is 3. The van der Waals surface area contributed by atoms with Crippen LogP contribution in [0.2, 0.25) is 0 Å². The Hall–Kier alpha value is -0.780. The van der Waals surface area contributed by atoms with Gasteiger partial charge in [-0.25, -0.2) is 0 Å². The smallest absolute Gasteiger partial charge is 0.333 e. The van der Waals surface area contributed by atoms with E-state index in [1.165, 1.54) is 0 Å². The Morgan fingerprint density at radius 1 is 1.44 bits per heavy atom. The number of rotatable bonds is 3. The van der Waals surface area contributed by atoms with Crippen LogP contribution in [0.15, 0.2) is 0 Å². The molecule has 1 N–H and O–H groups in total. The highest BCUT2D eigenvalue weighted by atomic mass is 19.4. The Labute approximate surface area is 93.0 Å². The van der Waals surface area contributed by atoms with Crippen LogP contribution in [0.3, 0.4) is 0 Å². The normalized spacial score (nSPS) is 21.9. The first-order valence-corrected chi connectivity index (χ1v) is 5.53. The SMILES string of the molecule is CCN(CC(F)(F)F)C(=O)[C@@H]1CCCCN1. The van der Waals surface area contributed by atoms with E-state index in [4.69, 9.17) is 0 Å². The van der Waals surface area contributed by atoms with Gasteiger partial charge in [0.2, 0.25) is 5.91 Å². The van der Waals surface area contributed by atoms with Crippen molar-refractivity contribution in [3.8, 4) is 0 Å². The fourth-order valence-electron chi connectivity index (χ4n) is 1.84. The summed E-state index contributed by atoms with van der Waals surface area (Å²) in [5.41, 5.74) is 0. The minimum atomic E-state index is -4.32. The molecule has 0 aromatic heterocycles. The summed E-state index contributed by atoms with van der Waals surface area (Å²) in [6.45, 7) is 1.21. The van der Waals surface area contributed by atoms with Crippen molar-refractivity contribution in [2.45, 2.75) is 38.4 Å². The highest BCUT2D eigenvalue weighted by Gasteiger charge is 2.34. The zero-order chi connectivity index (χ0) is 12.2. The van der Waals surface area contributed by atoms with Gasteiger partial charge in [0.05, 0.1) is 6.04 Å². The van der Waals surface area contributed by atoms with Gasteiger partial charge in [-0.1, -0.05) is 6.42 Å². The molecule has 1 aliphatic rings. The number of carbonyl (C=O) groups is 1. The van der Waals surface area contributed by atoms with Gasteiger partial charge in [0, 0.05) is 6.54 Å². The molecule has 3 nitrogen and oxygen atoms in total. The molecule has 0 aromatic rings. The number of nitrogens with one attached hydrogen (secondary N) is 1. The Balaban J connectivity index is 2.54. The van der Waals surface area contributed by atoms with Crippen molar-refractivity contribution in [2.24, 2.45) is 0 Å². The lowest BCUT2D eigenvalue weighted by atomic mass is 10.0. The summed E-state index contributed by atoms with van der Waals surface area (Å²) < 4.78 is 36.6. The molecule has 0 bridgehead atoms. The third-order valence-corrected chi connectivity index (χ3v) is 2.67. The average Bonchev–Trinajstić information content (AvgIpc) is 2.25. The quantitative estimate of drug-likeness (QED) is 0.809. The molecule has 0 saturated carbocycles. The average molecular weight is 238 g/mol. The van der Waals surface area contributed by atoms with Crippen LogP contribution in [0.5, 0.6) is 0 Å². The van der Waals surface area contributed by atoms with Gasteiger partial charge in [-0.2, -0.15) is 13.2 Å². The van der Waals surface area contributed by atoms with E-state index in [1.807, 2.05) is 0 Å². The molecule has 0 spiro atoms. The molecule has 94 valence electrons. The van der Waals surface area contributed by atoms with Crippen LogP contribution in [0.4, 0.5) is 13.2 Å². The van der Waals surface area contributed by atoms with E-state index in [-0.39, 0.29) is 6.54 Å². The number of hydrogen-bond donors (Lipinski definition) is 1. The lowest BCUT2D eigenvalue weighted by molar-refractivity contribution is -0.162. The number of amides is 1. The van der Waals surface area contributed by atoms with E-state index < -0.39 is 24.7 Å². The maximum Gasteiger partial charge on any atom is 0.406 e. The molecular weight excluding hydrogens is 221 g/mol. The fraction of sp³-hybridized carbons (Fsp3) is 0.900. The van der Waals surface area contributed by atoms with E-state index in [9.17, 15) is 18.0 Å². The van der Waals surface area contributed by atoms with Crippen molar-refractivity contribution >= 4 is 5.91 Å². The van der Waals surface area contributed by atoms with Gasteiger partial charge in [-0.05, 0) is 26.3 Å². The molecule has 1 aliphatic heterocycles. The van der Waals surface area contributed by atoms with Gasteiger partial charge in [0.15, 0.2) is 0 Å². The molecular formula is C10H17F3N2O. The Kier molecular flexibility index (Phi) is 4.58. The molecule has 0 aliphatic carbocycles. The minimum Gasteiger partial charge on any atom is -0.333 e. The summed E-state index contributed by atoms with van der Waals surface area (Å²) in [6.07, 6.45) is -1.81. The number of alkyl halides is 3. The van der Waals surface area contributed by atoms with Gasteiger partial charge in [0.25, 0.3) is 0 Å². The number of carbonyl (C=O) groups excluding carboxylic acids is 1. The Morgan fingerprint density at radius 2 is 2.12 bits per heavy atom. The molecule has 1 fully saturated rings. The van der Waals surface area contributed by atoms with Crippen LogP contribution in [0.1, 0.15) is 26.2 Å². The number of likely N-dealkylation sites (N-methyl/N-ethyl adjacent to an activating group) is 1. The van der Waals surface area contributed by atoms with E-state index in [2.05, 4.69) is 5.32 Å². The van der Waals surface area contributed by atoms with E-state index in [1.54, 1.807) is 6.92 Å². The first-order chi connectivity index (χ1) is 7.44. The van der Waals surface area contributed by atoms with Gasteiger partial charge in [0.1, 0.15) is 6.54 Å². The second-order valence-corrected chi connectivity index (χ2v) is 3.97. The molecule has 6 heteroatoms. The van der Waals surface area contributed by atoms with Crippen LogP contribution in [0, 0.1) is 0 Å². The lowest BCUT2D eigenvalue weighted by Gasteiger charge is -2.29. The zero-order valence-corrected chi connectivity index (χ0v) is 9.31. The summed E-state index contributed by atoms with van der Waals surface area (Å²) in [4.78, 5) is 12.6. The monoisotopic (exact) mass is 238 g/mol. The van der Waals surface area contributed by atoms with Crippen molar-refractivity contribution in [1.29, 1.82) is 0 Å². The van der Waals surface area contributed by atoms with Crippen molar-refractivity contribution < 1.29 is 18.0 Å². The second-order valence-electron chi connectivity index (χ2n) is 3.97. The van der Waals surface area contributed by atoms with Crippen molar-refractivity contribution in [1.82, 2.24) is 10.2 Å². The third-order valence-electron chi connectivity index (χ3n) is 2.67.